The second kappa shape index (κ2) is 9.21. The molecule has 0 radical (unpaired) electrons. The normalized spacial score (nSPS) is 17.2. The Labute approximate surface area is 215 Å². The van der Waals surface area contributed by atoms with E-state index in [1.54, 1.807) is 42.5 Å². The summed E-state index contributed by atoms with van der Waals surface area (Å²) in [6.07, 6.45) is 0. The van der Waals surface area contributed by atoms with Crippen molar-refractivity contribution in [3.05, 3.63) is 111 Å². The van der Waals surface area contributed by atoms with Gasteiger partial charge in [0, 0.05) is 16.3 Å². The minimum atomic E-state index is -0.844. The molecule has 1 heterocycles. The number of benzene rings is 4. The van der Waals surface area contributed by atoms with E-state index in [-0.39, 0.29) is 11.3 Å². The minimum absolute atomic E-state index is 0.0124. The minimum Gasteiger partial charge on any atom is -0.507 e. The largest absolute Gasteiger partial charge is 0.507 e. The Kier molecular flexibility index (Phi) is 6.09. The number of methoxy groups -OCH3 is 1. The Bertz CT molecular complexity index is 1510. The quantitative estimate of drug-likeness (QED) is 0.171. The number of hydrogen-bond donors (Lipinski definition) is 1. The van der Waals surface area contributed by atoms with E-state index in [0.717, 1.165) is 16.3 Å². The molecule has 1 aliphatic rings. The third-order valence-electron chi connectivity index (χ3n) is 6.09. The summed E-state index contributed by atoms with van der Waals surface area (Å²) in [4.78, 5) is 28.2. The van der Waals surface area contributed by atoms with Gasteiger partial charge in [-0.15, -0.1) is 0 Å². The van der Waals surface area contributed by atoms with Gasteiger partial charge in [0.15, 0.2) is 0 Å². The maximum atomic E-state index is 13.4. The van der Waals surface area contributed by atoms with Crippen LogP contribution in [0.15, 0.2) is 95.0 Å². The summed E-state index contributed by atoms with van der Waals surface area (Å²) in [6.45, 7) is 0. The van der Waals surface area contributed by atoms with Gasteiger partial charge in [-0.3, -0.25) is 14.5 Å². The van der Waals surface area contributed by atoms with Crippen LogP contribution in [0.4, 0.5) is 5.69 Å². The monoisotopic (exact) mass is 547 g/mol. The molecule has 5 nitrogen and oxygen atoms in total. The molecule has 1 amide bonds. The zero-order valence-electron chi connectivity index (χ0n) is 18.5. The van der Waals surface area contributed by atoms with Gasteiger partial charge in [0.05, 0.1) is 23.2 Å². The molecule has 0 saturated carbocycles. The first-order chi connectivity index (χ1) is 16.9. The number of Topliss-reactive ketones (excluding diaryl/α,β-unsaturated/α-hetero) is 1. The molecule has 1 unspecified atom stereocenters. The molecule has 35 heavy (non-hydrogen) atoms. The van der Waals surface area contributed by atoms with Crippen molar-refractivity contribution >= 4 is 61.4 Å². The molecule has 1 fully saturated rings. The number of ether oxygens (including phenoxy) is 1. The summed E-state index contributed by atoms with van der Waals surface area (Å²) in [6, 6.07) is 24.3. The molecule has 4 aromatic carbocycles. The second-order valence-electron chi connectivity index (χ2n) is 8.06. The number of hydrogen-bond acceptors (Lipinski definition) is 4. The van der Waals surface area contributed by atoms with Crippen molar-refractivity contribution in [3.63, 3.8) is 0 Å². The lowest BCUT2D eigenvalue weighted by atomic mass is 9.91. The number of aliphatic hydroxyl groups is 1. The van der Waals surface area contributed by atoms with E-state index in [1.165, 1.54) is 12.0 Å². The number of fused-ring (bicyclic) bond motifs is 1. The van der Waals surface area contributed by atoms with E-state index in [1.807, 2.05) is 42.5 Å². The molecular formula is C28H19BrClNO4. The van der Waals surface area contributed by atoms with Crippen LogP contribution in [-0.4, -0.2) is 23.9 Å². The lowest BCUT2D eigenvalue weighted by molar-refractivity contribution is -0.132. The van der Waals surface area contributed by atoms with Crippen LogP contribution in [0, 0.1) is 0 Å². The highest BCUT2D eigenvalue weighted by Crippen LogP contribution is 2.44. The SMILES string of the molecule is COc1ccc(/C(O)=C2/C(=O)C(=O)N(c3ccc(Cl)cc3)C2c2cccc3ccccc23)cc1Br. The molecular weight excluding hydrogens is 530 g/mol. The smallest absolute Gasteiger partial charge is 0.300 e. The van der Waals surface area contributed by atoms with Crippen LogP contribution < -0.4 is 9.64 Å². The Morgan fingerprint density at radius 1 is 0.971 bits per heavy atom. The predicted octanol–water partition coefficient (Wildman–Crippen LogP) is 6.89. The maximum absolute atomic E-state index is 13.4. The van der Waals surface area contributed by atoms with E-state index in [4.69, 9.17) is 16.3 Å². The highest BCUT2D eigenvalue weighted by molar-refractivity contribution is 9.10. The van der Waals surface area contributed by atoms with E-state index in [9.17, 15) is 14.7 Å². The van der Waals surface area contributed by atoms with Gasteiger partial charge in [-0.05, 0) is 74.7 Å². The molecule has 5 rings (SSSR count). The molecule has 174 valence electrons. The summed E-state index contributed by atoms with van der Waals surface area (Å²) in [7, 11) is 1.54. The molecule has 0 aromatic heterocycles. The van der Waals surface area contributed by atoms with E-state index >= 15 is 0 Å². The summed E-state index contributed by atoms with van der Waals surface area (Å²) < 4.78 is 5.89. The fourth-order valence-electron chi connectivity index (χ4n) is 4.45. The molecule has 1 saturated heterocycles. The molecule has 0 aliphatic carbocycles. The first-order valence-electron chi connectivity index (χ1n) is 10.8. The fourth-order valence-corrected chi connectivity index (χ4v) is 5.12. The van der Waals surface area contributed by atoms with E-state index in [0.29, 0.717) is 26.5 Å². The van der Waals surface area contributed by atoms with Gasteiger partial charge in [-0.1, -0.05) is 54.1 Å². The molecule has 0 spiro atoms. The molecule has 4 aromatic rings. The third kappa shape index (κ3) is 3.99. The zero-order chi connectivity index (χ0) is 24.7. The predicted molar refractivity (Wildman–Crippen MR) is 141 cm³/mol. The number of halogens is 2. The van der Waals surface area contributed by atoms with Crippen LogP contribution in [0.5, 0.6) is 5.75 Å². The number of ketones is 1. The Balaban J connectivity index is 1.79. The molecule has 7 heteroatoms. The zero-order valence-corrected chi connectivity index (χ0v) is 20.9. The Morgan fingerprint density at radius 2 is 1.69 bits per heavy atom. The highest BCUT2D eigenvalue weighted by Gasteiger charge is 2.47. The van der Waals surface area contributed by atoms with Gasteiger partial charge in [-0.2, -0.15) is 0 Å². The van der Waals surface area contributed by atoms with Crippen LogP contribution in [-0.2, 0) is 9.59 Å². The van der Waals surface area contributed by atoms with Crippen molar-refractivity contribution in [2.24, 2.45) is 0 Å². The van der Waals surface area contributed by atoms with Crippen molar-refractivity contribution in [2.75, 3.05) is 12.0 Å². The molecule has 0 bridgehead atoms. The highest BCUT2D eigenvalue weighted by atomic mass is 79.9. The second-order valence-corrected chi connectivity index (χ2v) is 9.35. The van der Waals surface area contributed by atoms with Gasteiger partial charge in [-0.25, -0.2) is 0 Å². The van der Waals surface area contributed by atoms with Gasteiger partial charge in [0.25, 0.3) is 11.7 Å². The van der Waals surface area contributed by atoms with Gasteiger partial charge >= 0.3 is 0 Å². The van der Waals surface area contributed by atoms with Crippen molar-refractivity contribution in [3.8, 4) is 5.75 Å². The first kappa shape index (κ1) is 23.1. The number of carbonyl (C=O) groups is 2. The summed E-state index contributed by atoms with van der Waals surface area (Å²) in [5.41, 5.74) is 1.63. The van der Waals surface area contributed by atoms with Gasteiger partial charge < -0.3 is 9.84 Å². The molecule has 1 aliphatic heterocycles. The maximum Gasteiger partial charge on any atom is 0.300 e. The fraction of sp³-hybridized carbons (Fsp3) is 0.0714. The molecule has 1 N–H and O–H groups in total. The Hall–Kier alpha value is -3.61. The van der Waals surface area contributed by atoms with Crippen LogP contribution >= 0.6 is 27.5 Å². The third-order valence-corrected chi connectivity index (χ3v) is 6.96. The van der Waals surface area contributed by atoms with Gasteiger partial charge in [0.2, 0.25) is 0 Å². The van der Waals surface area contributed by atoms with Crippen LogP contribution in [0.1, 0.15) is 17.2 Å². The molecule has 1 atom stereocenters. The lowest BCUT2D eigenvalue weighted by Crippen LogP contribution is -2.29. The first-order valence-corrected chi connectivity index (χ1v) is 12.0. The Morgan fingerprint density at radius 3 is 2.40 bits per heavy atom. The number of anilines is 1. The standard InChI is InChI=1S/C28H19BrClNO4/c1-35-23-14-9-17(15-22(23)29)26(32)24-25(21-8-4-6-16-5-2-3-7-20(16)21)31(28(34)27(24)33)19-12-10-18(30)11-13-19/h2-15,25,32H,1H3/b26-24-. The number of carbonyl (C=O) groups excluding carboxylic acids is 2. The summed E-state index contributed by atoms with van der Waals surface area (Å²) in [5, 5.41) is 13.8. The lowest BCUT2D eigenvalue weighted by Gasteiger charge is -2.26. The topological polar surface area (TPSA) is 66.8 Å². The average molecular weight is 549 g/mol. The van der Waals surface area contributed by atoms with Crippen LogP contribution in [0.2, 0.25) is 5.02 Å². The van der Waals surface area contributed by atoms with Crippen LogP contribution in [0.25, 0.3) is 16.5 Å². The number of aliphatic hydroxyl groups excluding tert-OH is 1. The van der Waals surface area contributed by atoms with Crippen molar-refractivity contribution in [1.82, 2.24) is 0 Å². The summed E-state index contributed by atoms with van der Waals surface area (Å²) in [5.74, 6) is -1.17. The number of nitrogens with zero attached hydrogens (tertiary/aromatic N) is 1. The number of rotatable bonds is 4. The van der Waals surface area contributed by atoms with E-state index < -0.39 is 17.7 Å². The van der Waals surface area contributed by atoms with Crippen molar-refractivity contribution in [2.45, 2.75) is 6.04 Å². The average Bonchev–Trinajstić information content (AvgIpc) is 3.13. The van der Waals surface area contributed by atoms with E-state index in [2.05, 4.69) is 15.9 Å². The number of amides is 1. The van der Waals surface area contributed by atoms with Gasteiger partial charge in [0.1, 0.15) is 11.5 Å². The van der Waals surface area contributed by atoms with Crippen molar-refractivity contribution in [1.29, 1.82) is 0 Å². The van der Waals surface area contributed by atoms with Crippen LogP contribution in [0.3, 0.4) is 0 Å². The summed E-state index contributed by atoms with van der Waals surface area (Å²) >= 11 is 9.50. The van der Waals surface area contributed by atoms with Crippen molar-refractivity contribution < 1.29 is 19.4 Å².